The molecule has 0 atom stereocenters. The molecule has 8 heteroatoms. The molecule has 0 saturated carbocycles. The van der Waals surface area contributed by atoms with Crippen LogP contribution in [0.1, 0.15) is 11.5 Å². The zero-order valence-electron chi connectivity index (χ0n) is 14.8. The lowest BCUT2D eigenvalue weighted by Gasteiger charge is -2.03. The molecule has 0 aliphatic rings. The van der Waals surface area contributed by atoms with Gasteiger partial charge in [-0.05, 0) is 31.2 Å². The van der Waals surface area contributed by atoms with E-state index in [9.17, 15) is 0 Å². The van der Waals surface area contributed by atoms with Crippen molar-refractivity contribution < 1.29 is 4.42 Å². The maximum atomic E-state index is 5.91. The first-order valence-electron chi connectivity index (χ1n) is 8.28. The van der Waals surface area contributed by atoms with E-state index in [4.69, 9.17) is 16.0 Å². The number of thioether (sulfide) groups is 1. The van der Waals surface area contributed by atoms with E-state index in [0.717, 1.165) is 22.1 Å². The second kappa shape index (κ2) is 7.54. The molecule has 27 heavy (non-hydrogen) atoms. The van der Waals surface area contributed by atoms with E-state index < -0.39 is 0 Å². The first-order valence-corrected chi connectivity index (χ1v) is 9.64. The van der Waals surface area contributed by atoms with E-state index in [1.54, 1.807) is 12.1 Å². The van der Waals surface area contributed by atoms with E-state index in [1.807, 2.05) is 35.9 Å². The molecule has 0 fully saturated rings. The van der Waals surface area contributed by atoms with Gasteiger partial charge in [-0.25, -0.2) is 0 Å². The highest BCUT2D eigenvalue weighted by Crippen LogP contribution is 2.26. The predicted octanol–water partition coefficient (Wildman–Crippen LogP) is 4.79. The minimum absolute atomic E-state index is 0.473. The summed E-state index contributed by atoms with van der Waals surface area (Å²) >= 11 is 7.41. The summed E-state index contributed by atoms with van der Waals surface area (Å²) in [4.78, 5) is 0. The van der Waals surface area contributed by atoms with Crippen LogP contribution in [-0.4, -0.2) is 25.0 Å². The van der Waals surface area contributed by atoms with Crippen molar-refractivity contribution in [2.24, 2.45) is 7.05 Å². The summed E-state index contributed by atoms with van der Waals surface area (Å²) in [7, 11) is 1.95. The minimum atomic E-state index is 0.473. The fourth-order valence-electron chi connectivity index (χ4n) is 2.54. The van der Waals surface area contributed by atoms with Crippen LogP contribution in [0, 0.1) is 6.92 Å². The van der Waals surface area contributed by atoms with Crippen LogP contribution in [-0.2, 0) is 12.8 Å². The lowest BCUT2D eigenvalue weighted by Crippen LogP contribution is -1.95. The molecule has 0 radical (unpaired) electrons. The van der Waals surface area contributed by atoms with Gasteiger partial charge in [-0.2, -0.15) is 0 Å². The normalized spacial score (nSPS) is 11.1. The minimum Gasteiger partial charge on any atom is -0.420 e. The molecule has 0 amide bonds. The molecule has 0 bridgehead atoms. The lowest BCUT2D eigenvalue weighted by molar-refractivity contribution is 0.528. The van der Waals surface area contributed by atoms with E-state index >= 15 is 0 Å². The average Bonchev–Trinajstić information content (AvgIpc) is 3.28. The van der Waals surface area contributed by atoms with Crippen LogP contribution in [0.2, 0.25) is 5.02 Å². The smallest absolute Gasteiger partial charge is 0.247 e. The van der Waals surface area contributed by atoms with Crippen LogP contribution >= 0.6 is 23.4 Å². The van der Waals surface area contributed by atoms with Crippen LogP contribution < -0.4 is 0 Å². The van der Waals surface area contributed by atoms with Gasteiger partial charge in [-0.15, -0.1) is 20.4 Å². The predicted molar refractivity (Wildman–Crippen MR) is 105 cm³/mol. The van der Waals surface area contributed by atoms with Gasteiger partial charge in [0.1, 0.15) is 0 Å². The Hall–Kier alpha value is -2.64. The number of hydrogen-bond acceptors (Lipinski definition) is 6. The molecule has 2 aromatic heterocycles. The maximum Gasteiger partial charge on any atom is 0.247 e. The number of halogens is 1. The van der Waals surface area contributed by atoms with Crippen LogP contribution in [0.15, 0.2) is 58.1 Å². The number of aromatic nitrogens is 5. The van der Waals surface area contributed by atoms with E-state index in [-0.39, 0.29) is 0 Å². The third kappa shape index (κ3) is 3.89. The molecule has 4 rings (SSSR count). The summed E-state index contributed by atoms with van der Waals surface area (Å²) in [6.45, 7) is 2.06. The summed E-state index contributed by atoms with van der Waals surface area (Å²) in [6.07, 6.45) is 0. The Balaban J connectivity index is 1.46. The van der Waals surface area contributed by atoms with Crippen molar-refractivity contribution in [3.8, 4) is 22.8 Å². The van der Waals surface area contributed by atoms with Crippen molar-refractivity contribution in [1.82, 2.24) is 25.0 Å². The summed E-state index contributed by atoms with van der Waals surface area (Å²) in [5.41, 5.74) is 3.08. The molecule has 0 saturated heterocycles. The van der Waals surface area contributed by atoms with E-state index in [0.29, 0.717) is 22.6 Å². The van der Waals surface area contributed by atoms with E-state index in [1.165, 1.54) is 17.3 Å². The van der Waals surface area contributed by atoms with Crippen molar-refractivity contribution in [1.29, 1.82) is 0 Å². The summed E-state index contributed by atoms with van der Waals surface area (Å²) in [5.74, 6) is 2.34. The molecule has 0 aliphatic heterocycles. The zero-order valence-corrected chi connectivity index (χ0v) is 16.3. The largest absolute Gasteiger partial charge is 0.420 e. The van der Waals surface area contributed by atoms with Gasteiger partial charge in [0, 0.05) is 23.2 Å². The number of nitrogens with zero attached hydrogens (tertiary/aromatic N) is 5. The van der Waals surface area contributed by atoms with Crippen molar-refractivity contribution in [2.45, 2.75) is 17.8 Å². The molecule has 6 nitrogen and oxygen atoms in total. The Kier molecular flexibility index (Phi) is 4.96. The third-order valence-corrected chi connectivity index (χ3v) is 5.28. The molecule has 136 valence electrons. The quantitative estimate of drug-likeness (QED) is 0.451. The van der Waals surface area contributed by atoms with Gasteiger partial charge in [0.25, 0.3) is 0 Å². The van der Waals surface area contributed by atoms with Crippen LogP contribution in [0.3, 0.4) is 0 Å². The molecular weight excluding hydrogens is 382 g/mol. The number of rotatable bonds is 5. The van der Waals surface area contributed by atoms with Gasteiger partial charge in [0.15, 0.2) is 11.0 Å². The standard InChI is InChI=1S/C19H16ClN5OS/c1-12-3-5-13(6-4-12)17-22-24-19(25(17)2)27-11-16-21-23-18(26-16)14-7-9-15(20)10-8-14/h3-10H,11H2,1-2H3. The Morgan fingerprint density at radius 2 is 1.63 bits per heavy atom. The fourth-order valence-corrected chi connectivity index (χ4v) is 3.42. The average molecular weight is 398 g/mol. The van der Waals surface area contributed by atoms with Gasteiger partial charge in [0.05, 0.1) is 5.75 Å². The van der Waals surface area contributed by atoms with Crippen molar-refractivity contribution >= 4 is 23.4 Å². The topological polar surface area (TPSA) is 69.6 Å². The zero-order chi connectivity index (χ0) is 18.8. The maximum absolute atomic E-state index is 5.91. The fraction of sp³-hybridized carbons (Fsp3) is 0.158. The summed E-state index contributed by atoms with van der Waals surface area (Å²) in [6, 6.07) is 15.5. The van der Waals surface area contributed by atoms with E-state index in [2.05, 4.69) is 39.5 Å². The highest BCUT2D eigenvalue weighted by molar-refractivity contribution is 7.98. The molecule has 4 aromatic rings. The SMILES string of the molecule is Cc1ccc(-c2nnc(SCc3nnc(-c4ccc(Cl)cc4)o3)n2C)cc1. The van der Waals surface area contributed by atoms with Crippen molar-refractivity contribution in [2.75, 3.05) is 0 Å². The highest BCUT2D eigenvalue weighted by atomic mass is 35.5. The van der Waals surface area contributed by atoms with Crippen LogP contribution in [0.4, 0.5) is 0 Å². The van der Waals surface area contributed by atoms with Gasteiger partial charge in [-0.3, -0.25) is 0 Å². The molecule has 2 heterocycles. The van der Waals surface area contributed by atoms with Crippen molar-refractivity contribution in [3.05, 3.63) is 65.0 Å². The Labute approximate surface area is 165 Å². The first-order chi connectivity index (χ1) is 13.1. The molecule has 0 spiro atoms. The molecule has 0 aliphatic carbocycles. The van der Waals surface area contributed by atoms with Crippen LogP contribution in [0.5, 0.6) is 0 Å². The number of hydrogen-bond donors (Lipinski definition) is 0. The molecule has 0 N–H and O–H groups in total. The second-order valence-electron chi connectivity index (χ2n) is 6.03. The van der Waals surface area contributed by atoms with Gasteiger partial charge < -0.3 is 8.98 Å². The monoisotopic (exact) mass is 397 g/mol. The Morgan fingerprint density at radius 1 is 0.926 bits per heavy atom. The second-order valence-corrected chi connectivity index (χ2v) is 7.41. The summed E-state index contributed by atoms with van der Waals surface area (Å²) in [5, 5.41) is 18.2. The summed E-state index contributed by atoms with van der Waals surface area (Å²) < 4.78 is 7.70. The molecular formula is C19H16ClN5OS. The molecule has 2 aromatic carbocycles. The first kappa shape index (κ1) is 17.8. The third-order valence-electron chi connectivity index (χ3n) is 4.03. The van der Waals surface area contributed by atoms with Gasteiger partial charge in [0.2, 0.25) is 11.8 Å². The number of aryl methyl sites for hydroxylation is 1. The van der Waals surface area contributed by atoms with Gasteiger partial charge in [-0.1, -0.05) is 53.2 Å². The van der Waals surface area contributed by atoms with Crippen molar-refractivity contribution in [3.63, 3.8) is 0 Å². The van der Waals surface area contributed by atoms with Crippen LogP contribution in [0.25, 0.3) is 22.8 Å². The van der Waals surface area contributed by atoms with Gasteiger partial charge >= 0.3 is 0 Å². The Bertz CT molecular complexity index is 1060. The Morgan fingerprint density at radius 3 is 2.37 bits per heavy atom. The highest BCUT2D eigenvalue weighted by Gasteiger charge is 2.14. The lowest BCUT2D eigenvalue weighted by atomic mass is 10.1. The number of benzene rings is 2. The molecule has 0 unspecified atom stereocenters.